The second kappa shape index (κ2) is 9.60. The Hall–Kier alpha value is -1.38. The number of benzene rings is 1. The number of aromatic nitrogens is 2. The van der Waals surface area contributed by atoms with Gasteiger partial charge in [0.25, 0.3) is 0 Å². The number of halogens is 1. The van der Waals surface area contributed by atoms with E-state index < -0.39 is 0 Å². The van der Waals surface area contributed by atoms with E-state index in [1.54, 1.807) is 31.0 Å². The van der Waals surface area contributed by atoms with Crippen LogP contribution in [0.2, 0.25) is 0 Å². The van der Waals surface area contributed by atoms with Gasteiger partial charge in [-0.25, -0.2) is 4.39 Å². The summed E-state index contributed by atoms with van der Waals surface area (Å²) in [6.45, 7) is 1.96. The first-order valence-corrected chi connectivity index (χ1v) is 8.65. The zero-order valence-electron chi connectivity index (χ0n) is 12.3. The predicted octanol–water partition coefficient (Wildman–Crippen LogP) is 3.30. The topological polar surface area (TPSA) is 56.3 Å². The molecule has 8 heteroatoms. The van der Waals surface area contributed by atoms with Crippen molar-refractivity contribution in [1.29, 1.82) is 0 Å². The number of nitrogens with one attached hydrogen (secondary N) is 1. The van der Waals surface area contributed by atoms with Gasteiger partial charge in [-0.05, 0) is 30.7 Å². The van der Waals surface area contributed by atoms with Crippen molar-refractivity contribution in [3.63, 3.8) is 0 Å². The second-order valence-corrected chi connectivity index (χ2v) is 6.62. The van der Waals surface area contributed by atoms with Crippen molar-refractivity contribution in [2.75, 3.05) is 37.9 Å². The van der Waals surface area contributed by atoms with Gasteiger partial charge in [-0.15, -0.1) is 10.2 Å². The molecule has 0 fully saturated rings. The van der Waals surface area contributed by atoms with E-state index in [1.165, 1.54) is 23.5 Å². The molecular weight excluding hydrogens is 325 g/mol. The molecule has 0 radical (unpaired) electrons. The summed E-state index contributed by atoms with van der Waals surface area (Å²) in [5.74, 6) is 1.33. The molecule has 0 bridgehead atoms. The predicted molar refractivity (Wildman–Crippen MR) is 87.5 cm³/mol. The Morgan fingerprint density at radius 3 is 2.82 bits per heavy atom. The van der Waals surface area contributed by atoms with Gasteiger partial charge in [0.2, 0.25) is 5.13 Å². The maximum atomic E-state index is 12.7. The summed E-state index contributed by atoms with van der Waals surface area (Å²) in [7, 11) is 1.66. The van der Waals surface area contributed by atoms with Crippen LogP contribution >= 0.6 is 23.1 Å². The molecule has 1 N–H and O–H groups in total. The SMILES string of the molecule is COCCNc1nnc(SCCCOc2ccc(F)cc2)s1. The van der Waals surface area contributed by atoms with Gasteiger partial charge in [-0.3, -0.25) is 0 Å². The summed E-state index contributed by atoms with van der Waals surface area (Å²) in [4.78, 5) is 0. The molecule has 2 aromatic rings. The minimum absolute atomic E-state index is 0.255. The smallest absolute Gasteiger partial charge is 0.206 e. The van der Waals surface area contributed by atoms with Gasteiger partial charge in [-0.2, -0.15) is 0 Å². The number of hydrogen-bond acceptors (Lipinski definition) is 7. The third-order valence-electron chi connectivity index (χ3n) is 2.59. The first-order chi connectivity index (χ1) is 10.8. The van der Waals surface area contributed by atoms with Crippen LogP contribution in [0.5, 0.6) is 5.75 Å². The van der Waals surface area contributed by atoms with Crippen LogP contribution in [0.3, 0.4) is 0 Å². The molecule has 0 aliphatic heterocycles. The number of ether oxygens (including phenoxy) is 2. The summed E-state index contributed by atoms with van der Waals surface area (Å²) >= 11 is 3.18. The summed E-state index contributed by atoms with van der Waals surface area (Å²) in [5, 5.41) is 12.1. The molecular formula is C14H18FN3O2S2. The molecule has 2 rings (SSSR count). The molecule has 0 saturated carbocycles. The largest absolute Gasteiger partial charge is 0.494 e. The number of hydrogen-bond donors (Lipinski definition) is 1. The van der Waals surface area contributed by atoms with Crippen LogP contribution in [0.1, 0.15) is 6.42 Å². The number of rotatable bonds is 10. The third-order valence-corrected chi connectivity index (χ3v) is 4.69. The van der Waals surface area contributed by atoms with E-state index in [-0.39, 0.29) is 5.82 Å². The van der Waals surface area contributed by atoms with E-state index in [0.717, 1.165) is 28.2 Å². The minimum atomic E-state index is -0.255. The lowest BCUT2D eigenvalue weighted by Gasteiger charge is -2.04. The molecule has 0 saturated heterocycles. The van der Waals surface area contributed by atoms with E-state index in [1.807, 2.05) is 0 Å². The highest BCUT2D eigenvalue weighted by atomic mass is 32.2. The summed E-state index contributed by atoms with van der Waals surface area (Å²) in [5.41, 5.74) is 0. The quantitative estimate of drug-likeness (QED) is 0.528. The lowest BCUT2D eigenvalue weighted by molar-refractivity contribution is 0.211. The van der Waals surface area contributed by atoms with Gasteiger partial charge in [0.15, 0.2) is 4.34 Å². The van der Waals surface area contributed by atoms with Crippen LogP contribution in [0.25, 0.3) is 0 Å². The fraction of sp³-hybridized carbons (Fsp3) is 0.429. The molecule has 0 amide bonds. The van der Waals surface area contributed by atoms with Crippen molar-refractivity contribution in [1.82, 2.24) is 10.2 Å². The van der Waals surface area contributed by atoms with Gasteiger partial charge in [0.1, 0.15) is 11.6 Å². The van der Waals surface area contributed by atoms with Crippen LogP contribution < -0.4 is 10.1 Å². The molecule has 120 valence electrons. The Morgan fingerprint density at radius 1 is 1.23 bits per heavy atom. The zero-order valence-corrected chi connectivity index (χ0v) is 13.9. The highest BCUT2D eigenvalue weighted by Crippen LogP contribution is 2.25. The lowest BCUT2D eigenvalue weighted by atomic mass is 10.3. The Bertz CT molecular complexity index is 551. The first kappa shape index (κ1) is 17.0. The average Bonchev–Trinajstić information content (AvgIpc) is 2.97. The van der Waals surface area contributed by atoms with Crippen molar-refractivity contribution in [2.45, 2.75) is 10.8 Å². The molecule has 0 aliphatic carbocycles. The van der Waals surface area contributed by atoms with Gasteiger partial charge in [-0.1, -0.05) is 23.1 Å². The first-order valence-electron chi connectivity index (χ1n) is 6.85. The van der Waals surface area contributed by atoms with Crippen LogP contribution in [0.15, 0.2) is 28.6 Å². The monoisotopic (exact) mass is 343 g/mol. The molecule has 1 heterocycles. The summed E-state index contributed by atoms with van der Waals surface area (Å²) in [6, 6.07) is 6.04. The highest BCUT2D eigenvalue weighted by Gasteiger charge is 2.04. The van der Waals surface area contributed by atoms with Crippen molar-refractivity contribution in [2.24, 2.45) is 0 Å². The summed E-state index contributed by atoms with van der Waals surface area (Å²) in [6.07, 6.45) is 0.883. The maximum absolute atomic E-state index is 12.7. The Balaban J connectivity index is 1.59. The fourth-order valence-electron chi connectivity index (χ4n) is 1.54. The molecule has 1 aromatic heterocycles. The highest BCUT2D eigenvalue weighted by molar-refractivity contribution is 8.01. The Morgan fingerprint density at radius 2 is 2.05 bits per heavy atom. The zero-order chi connectivity index (χ0) is 15.6. The van der Waals surface area contributed by atoms with Crippen LogP contribution in [-0.2, 0) is 4.74 Å². The van der Waals surface area contributed by atoms with Crippen LogP contribution in [0.4, 0.5) is 9.52 Å². The van der Waals surface area contributed by atoms with Gasteiger partial charge >= 0.3 is 0 Å². The number of thioether (sulfide) groups is 1. The van der Waals surface area contributed by atoms with E-state index in [2.05, 4.69) is 15.5 Å². The van der Waals surface area contributed by atoms with Crippen molar-refractivity contribution >= 4 is 28.2 Å². The van der Waals surface area contributed by atoms with Gasteiger partial charge in [0.05, 0.1) is 13.2 Å². The van der Waals surface area contributed by atoms with Crippen molar-refractivity contribution < 1.29 is 13.9 Å². The van der Waals surface area contributed by atoms with Crippen molar-refractivity contribution in [3.05, 3.63) is 30.1 Å². The molecule has 0 unspecified atom stereocenters. The molecule has 5 nitrogen and oxygen atoms in total. The van der Waals surface area contributed by atoms with Crippen LogP contribution in [-0.4, -0.2) is 42.8 Å². The number of nitrogens with zero attached hydrogens (tertiary/aromatic N) is 2. The standard InChI is InChI=1S/C14H18FN3O2S2/c1-19-9-7-16-13-17-18-14(22-13)21-10-2-8-20-12-5-3-11(15)4-6-12/h3-6H,2,7-10H2,1H3,(H,16,17). The van der Waals surface area contributed by atoms with E-state index in [9.17, 15) is 4.39 Å². The molecule has 0 spiro atoms. The fourth-order valence-corrected chi connectivity index (χ4v) is 3.30. The van der Waals surface area contributed by atoms with E-state index in [0.29, 0.717) is 19.0 Å². The molecule has 1 aromatic carbocycles. The van der Waals surface area contributed by atoms with Crippen molar-refractivity contribution in [3.8, 4) is 5.75 Å². The molecule has 0 aliphatic rings. The maximum Gasteiger partial charge on any atom is 0.206 e. The molecule has 22 heavy (non-hydrogen) atoms. The average molecular weight is 343 g/mol. The summed E-state index contributed by atoms with van der Waals surface area (Å²) < 4.78 is 24.2. The molecule has 0 atom stereocenters. The Kier molecular flexibility index (Phi) is 7.41. The van der Waals surface area contributed by atoms with E-state index >= 15 is 0 Å². The lowest BCUT2D eigenvalue weighted by Crippen LogP contribution is -2.06. The second-order valence-electron chi connectivity index (χ2n) is 4.30. The number of methoxy groups -OCH3 is 1. The number of anilines is 1. The van der Waals surface area contributed by atoms with Gasteiger partial charge < -0.3 is 14.8 Å². The minimum Gasteiger partial charge on any atom is -0.494 e. The van der Waals surface area contributed by atoms with E-state index in [4.69, 9.17) is 9.47 Å². The van der Waals surface area contributed by atoms with Crippen LogP contribution in [0, 0.1) is 5.82 Å². The Labute approximate surface area is 137 Å². The normalized spacial score (nSPS) is 10.6. The third kappa shape index (κ3) is 6.17. The van der Waals surface area contributed by atoms with Gasteiger partial charge in [0, 0.05) is 19.4 Å².